The number of fused-ring (bicyclic) bond motifs is 6. The molecular weight excluding hydrogens is 508 g/mol. The van der Waals surface area contributed by atoms with Crippen LogP contribution in [0.3, 0.4) is 0 Å². The summed E-state index contributed by atoms with van der Waals surface area (Å²) in [5.41, 5.74) is -1.36. The number of hydrogen-bond acceptors (Lipinski definition) is 7. The Kier molecular flexibility index (Phi) is 6.06. The number of carbonyl (C=O) groups excluding carboxylic acids is 3. The molecule has 2 amide bonds. The van der Waals surface area contributed by atoms with E-state index < -0.39 is 34.6 Å². The molecule has 204 valence electrons. The van der Waals surface area contributed by atoms with Crippen molar-refractivity contribution in [2.24, 2.45) is 11.8 Å². The first-order valence-corrected chi connectivity index (χ1v) is 13.5. The van der Waals surface area contributed by atoms with Crippen LogP contribution in [0.1, 0.15) is 44.2 Å². The van der Waals surface area contributed by atoms with E-state index in [-0.39, 0.29) is 24.8 Å². The van der Waals surface area contributed by atoms with E-state index in [9.17, 15) is 19.6 Å². The van der Waals surface area contributed by atoms with Crippen molar-refractivity contribution in [3.63, 3.8) is 0 Å². The highest BCUT2D eigenvalue weighted by Gasteiger charge is 2.74. The normalized spacial score (nSPS) is 28.4. The highest BCUT2D eigenvalue weighted by atomic mass is 16.6. The Morgan fingerprint density at radius 2 is 1.70 bits per heavy atom. The zero-order valence-corrected chi connectivity index (χ0v) is 22.7. The van der Waals surface area contributed by atoms with Gasteiger partial charge in [0.05, 0.1) is 47.0 Å². The number of amides is 2. The monoisotopic (exact) mass is 538 g/mol. The number of nitriles is 1. The van der Waals surface area contributed by atoms with Gasteiger partial charge in [0.1, 0.15) is 0 Å². The van der Waals surface area contributed by atoms with Gasteiger partial charge in [-0.1, -0.05) is 54.6 Å². The highest BCUT2D eigenvalue weighted by Crippen LogP contribution is 2.62. The lowest BCUT2D eigenvalue weighted by Crippen LogP contribution is -2.43. The number of methoxy groups -OCH3 is 1. The number of nitrogens with zero attached hydrogens (tertiary/aromatic N) is 2. The molecule has 6 rings (SSSR count). The van der Waals surface area contributed by atoms with Crippen LogP contribution in [0.4, 0.5) is 5.69 Å². The van der Waals surface area contributed by atoms with E-state index >= 15 is 0 Å². The van der Waals surface area contributed by atoms with Crippen LogP contribution in [0, 0.1) is 23.2 Å². The maximum absolute atomic E-state index is 14.1. The molecule has 40 heavy (non-hydrogen) atoms. The number of anilines is 1. The molecule has 3 saturated heterocycles. The van der Waals surface area contributed by atoms with Crippen molar-refractivity contribution in [1.82, 2.24) is 0 Å². The molecule has 8 heteroatoms. The summed E-state index contributed by atoms with van der Waals surface area (Å²) in [6, 6.07) is 21.9. The molecule has 0 saturated carbocycles. The smallest absolute Gasteiger partial charge is 0.342 e. The number of imide groups is 1. The van der Waals surface area contributed by atoms with Gasteiger partial charge in [0.25, 0.3) is 0 Å². The van der Waals surface area contributed by atoms with Crippen LogP contribution < -0.4 is 4.90 Å². The maximum Gasteiger partial charge on any atom is 0.342 e. The van der Waals surface area contributed by atoms with Crippen molar-refractivity contribution in [1.29, 1.82) is 5.26 Å². The number of ether oxygens (including phenoxy) is 3. The first-order valence-electron chi connectivity index (χ1n) is 13.5. The summed E-state index contributed by atoms with van der Waals surface area (Å²) in [4.78, 5) is 42.4. The number of rotatable bonds is 7. The van der Waals surface area contributed by atoms with Crippen molar-refractivity contribution < 1.29 is 28.6 Å². The van der Waals surface area contributed by atoms with E-state index in [2.05, 4.69) is 6.07 Å². The minimum absolute atomic E-state index is 0.0190. The SMILES string of the molecule is CO[C@@](C)(C(=O)OCCC12CCC(C)(O1)[C@H]1C(=O)N(c3ccc(C#N)c4ccccc34)C(=O)[C@H]12)c1ccccc1. The van der Waals surface area contributed by atoms with Crippen LogP contribution in [0.5, 0.6) is 0 Å². The summed E-state index contributed by atoms with van der Waals surface area (Å²) < 4.78 is 17.8. The third-order valence-corrected chi connectivity index (χ3v) is 9.16. The molecule has 3 aromatic rings. The summed E-state index contributed by atoms with van der Waals surface area (Å²) in [6.45, 7) is 3.58. The lowest BCUT2D eigenvalue weighted by Gasteiger charge is -2.32. The van der Waals surface area contributed by atoms with Crippen LogP contribution in [0.15, 0.2) is 66.7 Å². The fourth-order valence-corrected chi connectivity index (χ4v) is 6.95. The van der Waals surface area contributed by atoms with Gasteiger partial charge in [-0.15, -0.1) is 0 Å². The average Bonchev–Trinajstić information content (AvgIpc) is 3.56. The molecule has 3 aromatic carbocycles. The molecule has 3 aliphatic heterocycles. The van der Waals surface area contributed by atoms with E-state index in [0.29, 0.717) is 40.4 Å². The van der Waals surface area contributed by atoms with Crippen molar-refractivity contribution in [2.75, 3.05) is 18.6 Å². The van der Waals surface area contributed by atoms with Gasteiger partial charge in [0.2, 0.25) is 11.8 Å². The third-order valence-electron chi connectivity index (χ3n) is 9.16. The molecule has 0 aromatic heterocycles. The van der Waals surface area contributed by atoms with Crippen LogP contribution in [-0.4, -0.2) is 42.7 Å². The molecule has 3 heterocycles. The lowest BCUT2D eigenvalue weighted by molar-refractivity contribution is -0.170. The Balaban J connectivity index is 1.27. The van der Waals surface area contributed by atoms with Crippen LogP contribution in [0.25, 0.3) is 10.8 Å². The van der Waals surface area contributed by atoms with Crippen molar-refractivity contribution in [2.45, 2.75) is 49.9 Å². The molecule has 0 N–H and O–H groups in total. The summed E-state index contributed by atoms with van der Waals surface area (Å²) in [6.07, 6.45) is 1.50. The van der Waals surface area contributed by atoms with E-state index in [4.69, 9.17) is 14.2 Å². The molecule has 8 nitrogen and oxygen atoms in total. The van der Waals surface area contributed by atoms with Gasteiger partial charge in [-0.2, -0.15) is 5.26 Å². The Morgan fingerprint density at radius 3 is 2.40 bits per heavy atom. The minimum atomic E-state index is -1.28. The summed E-state index contributed by atoms with van der Waals surface area (Å²) in [5.74, 6) is -2.46. The molecule has 3 fully saturated rings. The minimum Gasteiger partial charge on any atom is -0.463 e. The van der Waals surface area contributed by atoms with E-state index in [1.807, 2.05) is 49.4 Å². The van der Waals surface area contributed by atoms with Gasteiger partial charge in [-0.25, -0.2) is 9.69 Å². The Labute approximate surface area is 232 Å². The van der Waals surface area contributed by atoms with Crippen LogP contribution in [-0.2, 0) is 34.2 Å². The van der Waals surface area contributed by atoms with Crippen molar-refractivity contribution in [3.05, 3.63) is 77.9 Å². The van der Waals surface area contributed by atoms with E-state index in [1.54, 1.807) is 31.2 Å². The fourth-order valence-electron chi connectivity index (χ4n) is 6.95. The molecule has 2 bridgehead atoms. The Morgan fingerprint density at radius 1 is 1.02 bits per heavy atom. The standard InChI is InChI=1S/C32H30N2O6/c1-30-15-16-32(40-30,17-18-39-29(37)31(2,38-3)21-9-5-4-6-10-21)26-25(30)27(35)34(28(26)36)24-14-13-20(19-33)22-11-7-8-12-23(22)24/h4-14,25-26H,15-18H2,1-3H3/t25-,26+,30?,31-,32?/m1/s1. The van der Waals surface area contributed by atoms with Crippen LogP contribution in [0.2, 0.25) is 0 Å². The van der Waals surface area contributed by atoms with Crippen molar-refractivity contribution in [3.8, 4) is 6.07 Å². The van der Waals surface area contributed by atoms with E-state index in [1.165, 1.54) is 12.0 Å². The molecule has 0 radical (unpaired) electrons. The Bertz CT molecular complexity index is 1580. The zero-order chi connectivity index (χ0) is 28.3. The second-order valence-corrected chi connectivity index (χ2v) is 11.2. The van der Waals surface area contributed by atoms with Gasteiger partial charge in [-0.3, -0.25) is 9.59 Å². The first-order chi connectivity index (χ1) is 19.2. The van der Waals surface area contributed by atoms with Crippen molar-refractivity contribution >= 4 is 34.2 Å². The van der Waals surface area contributed by atoms with Gasteiger partial charge in [0.15, 0.2) is 5.60 Å². The van der Waals surface area contributed by atoms with Gasteiger partial charge in [-0.05, 0) is 44.4 Å². The molecule has 0 aliphatic carbocycles. The average molecular weight is 539 g/mol. The van der Waals surface area contributed by atoms with Gasteiger partial charge >= 0.3 is 5.97 Å². The quantitative estimate of drug-likeness (QED) is 0.319. The summed E-state index contributed by atoms with van der Waals surface area (Å²) >= 11 is 0. The molecule has 5 atom stereocenters. The van der Waals surface area contributed by atoms with Gasteiger partial charge < -0.3 is 14.2 Å². The summed E-state index contributed by atoms with van der Waals surface area (Å²) in [5, 5.41) is 10.9. The van der Waals surface area contributed by atoms with Crippen LogP contribution >= 0.6 is 0 Å². The maximum atomic E-state index is 14.1. The third kappa shape index (κ3) is 3.61. The predicted octanol–water partition coefficient (Wildman–Crippen LogP) is 4.63. The fraction of sp³-hybridized carbons (Fsp3) is 0.375. The molecule has 0 spiro atoms. The number of hydrogen-bond donors (Lipinski definition) is 0. The Hall–Kier alpha value is -4.06. The molecule has 3 aliphatic rings. The van der Waals surface area contributed by atoms with E-state index in [0.717, 1.165) is 0 Å². The molecular formula is C32H30N2O6. The highest BCUT2D eigenvalue weighted by molar-refractivity contribution is 6.26. The largest absolute Gasteiger partial charge is 0.463 e. The lowest BCUT2D eigenvalue weighted by atomic mass is 9.67. The zero-order valence-electron chi connectivity index (χ0n) is 22.7. The second-order valence-electron chi connectivity index (χ2n) is 11.2. The number of carbonyl (C=O) groups is 3. The second kappa shape index (κ2) is 9.26. The number of benzene rings is 3. The summed E-state index contributed by atoms with van der Waals surface area (Å²) in [7, 11) is 1.46. The number of esters is 1. The first kappa shape index (κ1) is 26.2. The van der Waals surface area contributed by atoms with Gasteiger partial charge in [0, 0.05) is 24.3 Å². The molecule has 2 unspecified atom stereocenters. The predicted molar refractivity (Wildman–Crippen MR) is 146 cm³/mol. The topological polar surface area (TPSA) is 106 Å².